The number of hydrogen-bond donors (Lipinski definition) is 0. The fourth-order valence-corrected chi connectivity index (χ4v) is 2.57. The van der Waals surface area contributed by atoms with Crippen molar-refractivity contribution in [1.82, 2.24) is 0 Å². The van der Waals surface area contributed by atoms with E-state index in [9.17, 15) is 5.26 Å². The Morgan fingerprint density at radius 1 is 1.25 bits per heavy atom. The topological polar surface area (TPSA) is 33.0 Å². The summed E-state index contributed by atoms with van der Waals surface area (Å²) in [5, 5.41) is 9.35. The molecule has 0 heterocycles. The van der Waals surface area contributed by atoms with Crippen LogP contribution in [0.4, 0.5) is 0 Å². The van der Waals surface area contributed by atoms with Crippen LogP contribution in [0.5, 0.6) is 0 Å². The molecule has 0 saturated heterocycles. The molecule has 0 atom stereocenters. The van der Waals surface area contributed by atoms with Gasteiger partial charge in [-0.2, -0.15) is 5.26 Å². The Labute approximate surface area is 100.0 Å². The molecular formula is C14H25NO. The highest BCUT2D eigenvalue weighted by Gasteiger charge is 2.34. The zero-order chi connectivity index (χ0) is 11.9. The predicted octanol–water partition coefficient (Wildman–Crippen LogP) is 3.91. The van der Waals surface area contributed by atoms with Crippen molar-refractivity contribution in [2.75, 3.05) is 13.2 Å². The van der Waals surface area contributed by atoms with Crippen LogP contribution in [0.1, 0.15) is 58.8 Å². The molecule has 2 heteroatoms. The van der Waals surface area contributed by atoms with E-state index < -0.39 is 0 Å². The monoisotopic (exact) mass is 223 g/mol. The van der Waals surface area contributed by atoms with Gasteiger partial charge in [0.15, 0.2) is 0 Å². The van der Waals surface area contributed by atoms with Crippen molar-refractivity contribution in [2.45, 2.75) is 58.8 Å². The molecule has 1 aliphatic rings. The van der Waals surface area contributed by atoms with Crippen LogP contribution in [0.25, 0.3) is 0 Å². The lowest BCUT2D eigenvalue weighted by atomic mass is 9.69. The fourth-order valence-electron chi connectivity index (χ4n) is 2.57. The van der Waals surface area contributed by atoms with Crippen LogP contribution >= 0.6 is 0 Å². The van der Waals surface area contributed by atoms with Crippen molar-refractivity contribution in [1.29, 1.82) is 5.26 Å². The van der Waals surface area contributed by atoms with Crippen molar-refractivity contribution in [3.05, 3.63) is 0 Å². The Bertz CT molecular complexity index is 223. The molecule has 0 amide bonds. The molecule has 0 unspecified atom stereocenters. The summed E-state index contributed by atoms with van der Waals surface area (Å²) in [6.07, 6.45) is 7.90. The van der Waals surface area contributed by atoms with E-state index in [4.69, 9.17) is 4.74 Å². The first kappa shape index (κ1) is 13.5. The van der Waals surface area contributed by atoms with Gasteiger partial charge in [0.1, 0.15) is 0 Å². The molecule has 92 valence electrons. The number of nitriles is 1. The van der Waals surface area contributed by atoms with Gasteiger partial charge >= 0.3 is 0 Å². The maximum atomic E-state index is 9.35. The summed E-state index contributed by atoms with van der Waals surface area (Å²) in [6, 6.07) is 2.56. The van der Waals surface area contributed by atoms with Gasteiger partial charge in [0, 0.05) is 13.2 Å². The lowest BCUT2D eigenvalue weighted by Crippen LogP contribution is -2.27. The van der Waals surface area contributed by atoms with Crippen LogP contribution in [0, 0.1) is 22.7 Å². The summed E-state index contributed by atoms with van der Waals surface area (Å²) in [5.74, 6) is 0.859. The summed E-state index contributed by atoms with van der Waals surface area (Å²) < 4.78 is 5.51. The molecule has 0 bridgehead atoms. The van der Waals surface area contributed by atoms with E-state index in [0.29, 0.717) is 0 Å². The molecule has 2 nitrogen and oxygen atoms in total. The van der Waals surface area contributed by atoms with Crippen molar-refractivity contribution in [3.63, 3.8) is 0 Å². The second kappa shape index (κ2) is 6.91. The molecule has 0 aromatic carbocycles. The molecule has 0 radical (unpaired) electrons. The maximum absolute atomic E-state index is 9.35. The van der Waals surface area contributed by atoms with Crippen molar-refractivity contribution >= 4 is 0 Å². The summed E-state index contributed by atoms with van der Waals surface area (Å²) in [5.41, 5.74) is -0.0700. The van der Waals surface area contributed by atoms with E-state index in [2.05, 4.69) is 19.9 Å². The Kier molecular flexibility index (Phi) is 5.84. The highest BCUT2D eigenvalue weighted by molar-refractivity contribution is 5.01. The first-order valence-corrected chi connectivity index (χ1v) is 6.75. The summed E-state index contributed by atoms with van der Waals surface area (Å²) in [4.78, 5) is 0. The SMILES string of the molecule is CCCOCCC1(C#N)CCC(CC)CC1. The largest absolute Gasteiger partial charge is 0.381 e. The average molecular weight is 223 g/mol. The Hall–Kier alpha value is -0.550. The molecule has 0 spiro atoms. The van der Waals surface area contributed by atoms with Crippen LogP contribution in [0.2, 0.25) is 0 Å². The zero-order valence-corrected chi connectivity index (χ0v) is 10.8. The molecule has 16 heavy (non-hydrogen) atoms. The zero-order valence-electron chi connectivity index (χ0n) is 10.8. The lowest BCUT2D eigenvalue weighted by Gasteiger charge is -2.34. The molecule has 0 aromatic rings. The maximum Gasteiger partial charge on any atom is 0.0690 e. The van der Waals surface area contributed by atoms with E-state index in [1.165, 1.54) is 19.3 Å². The van der Waals surface area contributed by atoms with Crippen LogP contribution in [0.15, 0.2) is 0 Å². The molecule has 1 rings (SSSR count). The normalized spacial score (nSPS) is 29.9. The highest BCUT2D eigenvalue weighted by Crippen LogP contribution is 2.41. The number of rotatable bonds is 6. The number of hydrogen-bond acceptors (Lipinski definition) is 2. The van der Waals surface area contributed by atoms with E-state index in [1.54, 1.807) is 0 Å². The standard InChI is InChI=1S/C14H25NO/c1-3-10-16-11-9-14(12-15)7-5-13(4-2)6-8-14/h13H,3-11H2,1-2H3. The van der Waals surface area contributed by atoms with Crippen LogP contribution in [0.3, 0.4) is 0 Å². The number of ether oxygens (including phenoxy) is 1. The molecule has 1 aliphatic carbocycles. The fraction of sp³-hybridized carbons (Fsp3) is 0.929. The summed E-state index contributed by atoms with van der Waals surface area (Å²) in [7, 11) is 0. The van der Waals surface area contributed by atoms with Crippen molar-refractivity contribution in [2.24, 2.45) is 11.3 Å². The van der Waals surface area contributed by atoms with E-state index in [-0.39, 0.29) is 5.41 Å². The first-order chi connectivity index (χ1) is 7.76. The molecule has 1 fully saturated rings. The second-order valence-electron chi connectivity index (χ2n) is 5.11. The molecular weight excluding hydrogens is 198 g/mol. The molecule has 1 saturated carbocycles. The first-order valence-electron chi connectivity index (χ1n) is 6.75. The van der Waals surface area contributed by atoms with Gasteiger partial charge in [-0.05, 0) is 44.4 Å². The summed E-state index contributed by atoms with van der Waals surface area (Å²) >= 11 is 0. The minimum absolute atomic E-state index is 0.0700. The van der Waals surface area contributed by atoms with Crippen LogP contribution in [-0.4, -0.2) is 13.2 Å². The summed E-state index contributed by atoms with van der Waals surface area (Å²) in [6.45, 7) is 5.97. The number of nitrogens with zero attached hydrogens (tertiary/aromatic N) is 1. The Morgan fingerprint density at radius 2 is 1.94 bits per heavy atom. The third-order valence-electron chi connectivity index (χ3n) is 3.95. The van der Waals surface area contributed by atoms with Gasteiger partial charge in [-0.3, -0.25) is 0 Å². The van der Waals surface area contributed by atoms with Crippen LogP contribution < -0.4 is 0 Å². The van der Waals surface area contributed by atoms with Crippen LogP contribution in [-0.2, 0) is 4.74 Å². The van der Waals surface area contributed by atoms with Gasteiger partial charge in [-0.1, -0.05) is 20.3 Å². The average Bonchev–Trinajstić information content (AvgIpc) is 2.35. The second-order valence-corrected chi connectivity index (χ2v) is 5.11. The van der Waals surface area contributed by atoms with Gasteiger partial charge < -0.3 is 4.74 Å². The Morgan fingerprint density at radius 3 is 2.44 bits per heavy atom. The minimum Gasteiger partial charge on any atom is -0.381 e. The lowest BCUT2D eigenvalue weighted by molar-refractivity contribution is 0.0892. The van der Waals surface area contributed by atoms with E-state index in [0.717, 1.165) is 44.8 Å². The van der Waals surface area contributed by atoms with Crippen molar-refractivity contribution in [3.8, 4) is 6.07 Å². The molecule has 0 aromatic heterocycles. The van der Waals surface area contributed by atoms with Gasteiger partial charge in [-0.15, -0.1) is 0 Å². The van der Waals surface area contributed by atoms with Gasteiger partial charge in [0.05, 0.1) is 11.5 Å². The quantitative estimate of drug-likeness (QED) is 0.639. The van der Waals surface area contributed by atoms with Gasteiger partial charge in [-0.25, -0.2) is 0 Å². The highest BCUT2D eigenvalue weighted by atomic mass is 16.5. The molecule has 0 aliphatic heterocycles. The third kappa shape index (κ3) is 3.79. The molecule has 0 N–H and O–H groups in total. The van der Waals surface area contributed by atoms with E-state index in [1.807, 2.05) is 0 Å². The predicted molar refractivity (Wildman–Crippen MR) is 66.0 cm³/mol. The smallest absolute Gasteiger partial charge is 0.0690 e. The van der Waals surface area contributed by atoms with Crippen molar-refractivity contribution < 1.29 is 4.74 Å². The Balaban J connectivity index is 2.32. The van der Waals surface area contributed by atoms with Gasteiger partial charge in [0.2, 0.25) is 0 Å². The minimum atomic E-state index is -0.0700. The van der Waals surface area contributed by atoms with Gasteiger partial charge in [0.25, 0.3) is 0 Å². The van der Waals surface area contributed by atoms with E-state index >= 15 is 0 Å². The third-order valence-corrected chi connectivity index (χ3v) is 3.95.